The van der Waals surface area contributed by atoms with Crippen molar-refractivity contribution in [3.05, 3.63) is 60.1 Å². The number of hydrogen-bond acceptors (Lipinski definition) is 4. The van der Waals surface area contributed by atoms with Crippen LogP contribution in [0.5, 0.6) is 0 Å². The first-order valence-corrected chi connectivity index (χ1v) is 12.0. The highest BCUT2D eigenvalue weighted by atomic mass is 32.2. The minimum absolute atomic E-state index is 0.127. The van der Waals surface area contributed by atoms with Gasteiger partial charge in [-0.15, -0.1) is 0 Å². The molecule has 0 bridgehead atoms. The number of sulfonamides is 1. The third kappa shape index (κ3) is 4.43. The van der Waals surface area contributed by atoms with Crippen LogP contribution >= 0.6 is 0 Å². The number of allylic oxidation sites excluding steroid dienone is 2. The number of benzene rings is 1. The summed E-state index contributed by atoms with van der Waals surface area (Å²) in [6, 6.07) is 6.31. The second-order valence-corrected chi connectivity index (χ2v) is 9.77. The van der Waals surface area contributed by atoms with Crippen molar-refractivity contribution in [2.45, 2.75) is 49.3 Å². The first-order chi connectivity index (χ1) is 16.0. The molecule has 2 atom stereocenters. The first kappa shape index (κ1) is 23.9. The Kier molecular flexibility index (Phi) is 6.22. The molecule has 1 aromatic carbocycles. The lowest BCUT2D eigenvalue weighted by Gasteiger charge is -2.22. The second kappa shape index (κ2) is 8.85. The van der Waals surface area contributed by atoms with E-state index in [-0.39, 0.29) is 17.3 Å². The van der Waals surface area contributed by atoms with E-state index in [2.05, 4.69) is 11.1 Å². The third-order valence-corrected chi connectivity index (χ3v) is 7.28. The molecular weight excluding hydrogens is 472 g/mol. The zero-order valence-corrected chi connectivity index (χ0v) is 18.8. The van der Waals surface area contributed by atoms with E-state index in [0.717, 1.165) is 31.5 Å². The molecule has 0 fully saturated rings. The zero-order chi connectivity index (χ0) is 24.7. The maximum Gasteiger partial charge on any atom is 0.404 e. The van der Waals surface area contributed by atoms with Gasteiger partial charge in [0.15, 0.2) is 0 Å². The van der Waals surface area contributed by atoms with E-state index in [1.54, 1.807) is 10.8 Å². The van der Waals surface area contributed by atoms with Crippen molar-refractivity contribution < 1.29 is 26.0 Å². The molecule has 0 saturated carbocycles. The average molecular weight is 492 g/mol. The first-order valence-electron chi connectivity index (χ1n) is 10.5. The fourth-order valence-corrected chi connectivity index (χ4v) is 5.23. The molecule has 1 N–H and O–H groups in total. The van der Waals surface area contributed by atoms with Crippen LogP contribution in [0.2, 0.25) is 0 Å². The van der Waals surface area contributed by atoms with Gasteiger partial charge < -0.3 is 4.57 Å². The van der Waals surface area contributed by atoms with Gasteiger partial charge in [-0.05, 0) is 56.5 Å². The van der Waals surface area contributed by atoms with E-state index >= 15 is 0 Å². The number of alkyl halides is 3. The summed E-state index contributed by atoms with van der Waals surface area (Å²) >= 11 is 0. The average Bonchev–Trinajstić information content (AvgIpc) is 3.12. The summed E-state index contributed by atoms with van der Waals surface area (Å²) in [4.78, 5) is 3.73. The van der Waals surface area contributed by atoms with Gasteiger partial charge in [-0.2, -0.15) is 23.2 Å². The summed E-state index contributed by atoms with van der Waals surface area (Å²) in [5.41, 5.74) is 1.44. The summed E-state index contributed by atoms with van der Waals surface area (Å²) in [6.07, 6.45) is 2.83. The lowest BCUT2D eigenvalue weighted by atomic mass is 10.0. The van der Waals surface area contributed by atoms with Crippen LogP contribution in [0.4, 0.5) is 17.6 Å². The lowest BCUT2D eigenvalue weighted by Crippen LogP contribution is -2.42. The minimum Gasteiger partial charge on any atom is -0.331 e. The predicted molar refractivity (Wildman–Crippen MR) is 118 cm³/mol. The Balaban J connectivity index is 1.83. The molecule has 34 heavy (non-hydrogen) atoms. The highest BCUT2D eigenvalue weighted by Gasteiger charge is 2.39. The number of fused-ring (bicyclic) bond motifs is 1. The molecule has 0 saturated heterocycles. The Morgan fingerprint density at radius 1 is 1.26 bits per heavy atom. The molecule has 4 rings (SSSR count). The topological polar surface area (TPSA) is 87.8 Å². The molecule has 6 nitrogen and oxygen atoms in total. The SMILES string of the molecule is C[C@H](NS(=O)(=O)c1ccc(-c2c(C#N)c3cc(F)ccc3n2C2C=CCCC2)nc1)C(F)(F)F. The molecule has 1 unspecified atom stereocenters. The van der Waals surface area contributed by atoms with E-state index in [1.807, 2.05) is 16.7 Å². The lowest BCUT2D eigenvalue weighted by molar-refractivity contribution is -0.147. The summed E-state index contributed by atoms with van der Waals surface area (Å²) in [5.74, 6) is -0.508. The van der Waals surface area contributed by atoms with E-state index < -0.39 is 33.0 Å². The number of rotatable bonds is 5. The van der Waals surface area contributed by atoms with Gasteiger partial charge in [-0.25, -0.2) is 12.8 Å². The van der Waals surface area contributed by atoms with Gasteiger partial charge in [0.1, 0.15) is 22.8 Å². The van der Waals surface area contributed by atoms with Crippen molar-refractivity contribution in [3.8, 4) is 17.5 Å². The number of nitriles is 1. The van der Waals surface area contributed by atoms with Crippen LogP contribution in [0.15, 0.2) is 53.6 Å². The number of nitrogens with one attached hydrogen (secondary N) is 1. The molecular formula is C23H20F4N4O2S. The molecule has 3 aromatic rings. The van der Waals surface area contributed by atoms with Gasteiger partial charge >= 0.3 is 6.18 Å². The Labute approximate surface area is 193 Å². The van der Waals surface area contributed by atoms with Crippen molar-refractivity contribution in [3.63, 3.8) is 0 Å². The number of nitrogens with zero attached hydrogens (tertiary/aromatic N) is 3. The second-order valence-electron chi connectivity index (χ2n) is 8.06. The van der Waals surface area contributed by atoms with Crippen molar-refractivity contribution in [2.75, 3.05) is 0 Å². The minimum atomic E-state index is -4.74. The molecule has 0 amide bonds. The highest BCUT2D eigenvalue weighted by molar-refractivity contribution is 7.89. The Morgan fingerprint density at radius 3 is 2.62 bits per heavy atom. The maximum atomic E-state index is 14.0. The fourth-order valence-electron chi connectivity index (χ4n) is 4.05. The summed E-state index contributed by atoms with van der Waals surface area (Å²) < 4.78 is 80.7. The predicted octanol–water partition coefficient (Wildman–Crippen LogP) is 5.22. The molecule has 2 aromatic heterocycles. The van der Waals surface area contributed by atoms with Crippen LogP contribution in [0, 0.1) is 17.1 Å². The maximum absolute atomic E-state index is 14.0. The number of halogens is 4. The van der Waals surface area contributed by atoms with E-state index in [0.29, 0.717) is 23.5 Å². The third-order valence-electron chi connectivity index (χ3n) is 5.75. The molecule has 1 aliphatic carbocycles. The monoisotopic (exact) mass is 492 g/mol. The standard InChI is InChI=1S/C23H20F4N4O2S/c1-14(23(25,26)27)30-34(32,33)17-8-9-20(29-13-17)22-19(12-28)18-11-15(24)7-10-21(18)31(22)16-5-3-2-4-6-16/h3,5,7-11,13-14,16,30H,2,4,6H2,1H3/t14-,16?/m0/s1. The van der Waals surface area contributed by atoms with Gasteiger partial charge in [0.2, 0.25) is 10.0 Å². The molecule has 1 aliphatic rings. The van der Waals surface area contributed by atoms with Crippen molar-refractivity contribution >= 4 is 20.9 Å². The van der Waals surface area contributed by atoms with Gasteiger partial charge in [0.25, 0.3) is 0 Å². The number of hydrogen-bond donors (Lipinski definition) is 1. The van der Waals surface area contributed by atoms with Crippen LogP contribution < -0.4 is 4.72 Å². The fraction of sp³-hybridized carbons (Fsp3) is 0.304. The van der Waals surface area contributed by atoms with Crippen LogP contribution in [-0.4, -0.2) is 30.2 Å². The van der Waals surface area contributed by atoms with E-state index in [4.69, 9.17) is 0 Å². The molecule has 0 aliphatic heterocycles. The molecule has 11 heteroatoms. The molecule has 178 valence electrons. The van der Waals surface area contributed by atoms with Gasteiger partial charge in [0.05, 0.1) is 28.5 Å². The van der Waals surface area contributed by atoms with Crippen molar-refractivity contribution in [1.82, 2.24) is 14.3 Å². The normalized spacial score (nSPS) is 17.6. The van der Waals surface area contributed by atoms with Crippen molar-refractivity contribution in [2.24, 2.45) is 0 Å². The van der Waals surface area contributed by atoms with Gasteiger partial charge in [0, 0.05) is 11.6 Å². The zero-order valence-electron chi connectivity index (χ0n) is 18.0. The summed E-state index contributed by atoms with van der Waals surface area (Å²) in [6.45, 7) is 0.702. The van der Waals surface area contributed by atoms with Gasteiger partial charge in [-0.1, -0.05) is 12.2 Å². The smallest absolute Gasteiger partial charge is 0.331 e. The molecule has 0 radical (unpaired) electrons. The Morgan fingerprint density at radius 2 is 2.03 bits per heavy atom. The largest absolute Gasteiger partial charge is 0.404 e. The summed E-state index contributed by atoms with van der Waals surface area (Å²) in [7, 11) is -4.48. The number of aromatic nitrogens is 2. The molecule has 2 heterocycles. The van der Waals surface area contributed by atoms with Crippen LogP contribution in [0.1, 0.15) is 37.8 Å². The highest BCUT2D eigenvalue weighted by Crippen LogP contribution is 2.38. The molecule has 0 spiro atoms. The number of pyridine rings is 1. The van der Waals surface area contributed by atoms with Crippen LogP contribution in [0.25, 0.3) is 22.3 Å². The Bertz CT molecular complexity index is 1400. The summed E-state index contributed by atoms with van der Waals surface area (Å²) in [5, 5.41) is 10.3. The van der Waals surface area contributed by atoms with Crippen LogP contribution in [0.3, 0.4) is 0 Å². The van der Waals surface area contributed by atoms with E-state index in [1.165, 1.54) is 18.2 Å². The quantitative estimate of drug-likeness (QED) is 0.391. The van der Waals surface area contributed by atoms with Crippen molar-refractivity contribution in [1.29, 1.82) is 5.26 Å². The Hall–Kier alpha value is -3.23. The van der Waals surface area contributed by atoms with Crippen LogP contribution in [-0.2, 0) is 10.0 Å². The van der Waals surface area contributed by atoms with Gasteiger partial charge in [-0.3, -0.25) is 4.98 Å². The van der Waals surface area contributed by atoms with E-state index in [9.17, 15) is 31.2 Å².